The Morgan fingerprint density at radius 1 is 1.12 bits per heavy atom. The average Bonchev–Trinajstić information content (AvgIpc) is 3.11. The summed E-state index contributed by atoms with van der Waals surface area (Å²) in [6, 6.07) is 14.7. The molecule has 2 N–H and O–H groups in total. The van der Waals surface area contributed by atoms with Crippen LogP contribution in [-0.2, 0) is 14.3 Å². The Bertz CT molecular complexity index is 989. The zero-order valence-electron chi connectivity index (χ0n) is 19.0. The van der Waals surface area contributed by atoms with Crippen LogP contribution >= 0.6 is 0 Å². The summed E-state index contributed by atoms with van der Waals surface area (Å²) in [5.41, 5.74) is 4.47. The van der Waals surface area contributed by atoms with Crippen LogP contribution < -0.4 is 5.32 Å². The van der Waals surface area contributed by atoms with E-state index in [9.17, 15) is 14.4 Å². The summed E-state index contributed by atoms with van der Waals surface area (Å²) in [5, 5.41) is 11.7. The highest BCUT2D eigenvalue weighted by Gasteiger charge is 2.31. The Hall–Kier alpha value is -3.61. The Morgan fingerprint density at radius 3 is 2.21 bits per heavy atom. The molecule has 7 nitrogen and oxygen atoms in total. The SMILES string of the molecule is C=CCC(NC(=O)OCC1c2ccccc2-c2ccccc21)C(=O)N(CC)C(C)CC(=O)O. The average molecular weight is 451 g/mol. The predicted molar refractivity (Wildman–Crippen MR) is 126 cm³/mol. The largest absolute Gasteiger partial charge is 0.481 e. The molecule has 0 aromatic heterocycles. The molecule has 2 atom stereocenters. The molecular weight excluding hydrogens is 420 g/mol. The van der Waals surface area contributed by atoms with E-state index in [2.05, 4.69) is 24.0 Å². The van der Waals surface area contributed by atoms with Crippen molar-refractivity contribution in [2.24, 2.45) is 0 Å². The summed E-state index contributed by atoms with van der Waals surface area (Å²) >= 11 is 0. The second-order valence-corrected chi connectivity index (χ2v) is 8.12. The van der Waals surface area contributed by atoms with Crippen molar-refractivity contribution in [1.29, 1.82) is 0 Å². The first-order chi connectivity index (χ1) is 15.9. The third-order valence-corrected chi connectivity index (χ3v) is 5.96. The fourth-order valence-corrected chi connectivity index (χ4v) is 4.42. The molecule has 33 heavy (non-hydrogen) atoms. The first kappa shape index (κ1) is 24.0. The van der Waals surface area contributed by atoms with Gasteiger partial charge in [0.25, 0.3) is 0 Å². The van der Waals surface area contributed by atoms with Gasteiger partial charge in [-0.1, -0.05) is 54.6 Å². The molecule has 0 saturated heterocycles. The minimum Gasteiger partial charge on any atom is -0.481 e. The van der Waals surface area contributed by atoms with Gasteiger partial charge in [-0.2, -0.15) is 0 Å². The normalized spacial score (nSPS) is 13.9. The number of benzene rings is 2. The first-order valence-corrected chi connectivity index (χ1v) is 11.1. The lowest BCUT2D eigenvalue weighted by atomic mass is 9.98. The summed E-state index contributed by atoms with van der Waals surface area (Å²) in [6.45, 7) is 7.58. The van der Waals surface area contributed by atoms with Gasteiger partial charge in [-0.15, -0.1) is 6.58 Å². The van der Waals surface area contributed by atoms with Crippen LogP contribution in [0.15, 0.2) is 61.2 Å². The van der Waals surface area contributed by atoms with Gasteiger partial charge in [0.1, 0.15) is 12.6 Å². The minimum atomic E-state index is -0.987. The van der Waals surface area contributed by atoms with E-state index in [0.29, 0.717) is 6.54 Å². The zero-order chi connectivity index (χ0) is 24.0. The number of carbonyl (C=O) groups is 3. The second kappa shape index (κ2) is 10.8. The third-order valence-electron chi connectivity index (χ3n) is 5.96. The molecule has 2 unspecified atom stereocenters. The number of alkyl carbamates (subject to hydrolysis) is 1. The number of carbonyl (C=O) groups excluding carboxylic acids is 2. The molecule has 0 radical (unpaired) electrons. The molecule has 2 aromatic rings. The van der Waals surface area contributed by atoms with Gasteiger partial charge in [0, 0.05) is 18.5 Å². The van der Waals surface area contributed by atoms with E-state index < -0.39 is 24.1 Å². The van der Waals surface area contributed by atoms with E-state index in [1.807, 2.05) is 36.4 Å². The highest BCUT2D eigenvalue weighted by molar-refractivity contribution is 5.86. The van der Waals surface area contributed by atoms with Crippen LogP contribution in [0.25, 0.3) is 11.1 Å². The van der Waals surface area contributed by atoms with Gasteiger partial charge in [0.05, 0.1) is 6.42 Å². The first-order valence-electron chi connectivity index (χ1n) is 11.1. The maximum atomic E-state index is 13.0. The number of rotatable bonds is 10. The molecule has 3 rings (SSSR count). The Labute approximate surface area is 194 Å². The number of nitrogens with zero attached hydrogens (tertiary/aromatic N) is 1. The van der Waals surface area contributed by atoms with E-state index in [0.717, 1.165) is 22.3 Å². The molecule has 0 aliphatic heterocycles. The van der Waals surface area contributed by atoms with Gasteiger partial charge < -0.3 is 20.1 Å². The predicted octanol–water partition coefficient (Wildman–Crippen LogP) is 4.18. The molecule has 1 aliphatic carbocycles. The Kier molecular flexibility index (Phi) is 7.87. The number of amides is 2. The number of carboxylic acid groups (broad SMARTS) is 1. The number of fused-ring (bicyclic) bond motifs is 3. The number of hydrogen-bond donors (Lipinski definition) is 2. The van der Waals surface area contributed by atoms with Gasteiger partial charge in [0.15, 0.2) is 0 Å². The van der Waals surface area contributed by atoms with Crippen LogP contribution in [0.1, 0.15) is 43.7 Å². The number of hydrogen-bond acceptors (Lipinski definition) is 4. The van der Waals surface area contributed by atoms with Crippen LogP contribution in [0.5, 0.6) is 0 Å². The fraction of sp³-hybridized carbons (Fsp3) is 0.346. The second-order valence-electron chi connectivity index (χ2n) is 8.12. The van der Waals surface area contributed by atoms with Gasteiger partial charge >= 0.3 is 12.1 Å². The van der Waals surface area contributed by atoms with Crippen LogP contribution in [0.2, 0.25) is 0 Å². The lowest BCUT2D eigenvalue weighted by Gasteiger charge is -2.30. The molecular formula is C26H30N2O5. The topological polar surface area (TPSA) is 95.9 Å². The Morgan fingerprint density at radius 2 is 1.70 bits per heavy atom. The van der Waals surface area contributed by atoms with E-state index in [-0.39, 0.29) is 31.3 Å². The monoisotopic (exact) mass is 450 g/mol. The number of ether oxygens (including phenoxy) is 1. The molecule has 7 heteroatoms. The number of nitrogens with one attached hydrogen (secondary N) is 1. The van der Waals surface area contributed by atoms with Crippen molar-refractivity contribution in [3.63, 3.8) is 0 Å². The molecule has 2 amide bonds. The van der Waals surface area contributed by atoms with Crippen LogP contribution in [0.3, 0.4) is 0 Å². The molecule has 0 bridgehead atoms. The third kappa shape index (κ3) is 5.42. The van der Waals surface area contributed by atoms with Crippen molar-refractivity contribution in [3.05, 3.63) is 72.3 Å². The van der Waals surface area contributed by atoms with Gasteiger partial charge in [-0.3, -0.25) is 9.59 Å². The van der Waals surface area contributed by atoms with E-state index in [4.69, 9.17) is 9.84 Å². The van der Waals surface area contributed by atoms with Gasteiger partial charge in [-0.05, 0) is 42.5 Å². The minimum absolute atomic E-state index is 0.0839. The van der Waals surface area contributed by atoms with Gasteiger partial charge in [-0.25, -0.2) is 4.79 Å². The van der Waals surface area contributed by atoms with Crippen molar-refractivity contribution in [2.45, 2.75) is 44.7 Å². The van der Waals surface area contributed by atoms with E-state index in [1.54, 1.807) is 19.9 Å². The molecule has 0 saturated carbocycles. The van der Waals surface area contributed by atoms with Crippen molar-refractivity contribution >= 4 is 18.0 Å². The van der Waals surface area contributed by atoms with Crippen molar-refractivity contribution in [2.75, 3.05) is 13.2 Å². The number of likely N-dealkylation sites (N-methyl/N-ethyl adjacent to an activating group) is 1. The summed E-state index contributed by atoms with van der Waals surface area (Å²) in [6.07, 6.45) is 0.881. The van der Waals surface area contributed by atoms with E-state index in [1.165, 1.54) is 4.90 Å². The molecule has 0 spiro atoms. The summed E-state index contributed by atoms with van der Waals surface area (Å²) in [5.74, 6) is -1.43. The van der Waals surface area contributed by atoms with E-state index >= 15 is 0 Å². The van der Waals surface area contributed by atoms with Crippen LogP contribution in [-0.4, -0.2) is 53.2 Å². The fourth-order valence-electron chi connectivity index (χ4n) is 4.42. The maximum absolute atomic E-state index is 13.0. The Balaban J connectivity index is 1.68. The quantitative estimate of drug-likeness (QED) is 0.530. The molecule has 0 heterocycles. The standard InChI is InChI=1S/C26H30N2O5/c1-4-10-23(25(31)28(5-2)17(3)15-24(29)30)27-26(32)33-16-22-20-13-8-6-11-18(20)19-12-7-9-14-21(19)22/h4,6-9,11-14,17,22-23H,1,5,10,15-16H2,2-3H3,(H,27,32)(H,29,30). The molecule has 0 fully saturated rings. The zero-order valence-corrected chi connectivity index (χ0v) is 19.0. The molecule has 2 aromatic carbocycles. The maximum Gasteiger partial charge on any atom is 0.407 e. The number of carboxylic acids is 1. The summed E-state index contributed by atoms with van der Waals surface area (Å²) < 4.78 is 5.56. The lowest BCUT2D eigenvalue weighted by Crippen LogP contribution is -2.51. The van der Waals surface area contributed by atoms with Crippen molar-refractivity contribution < 1.29 is 24.2 Å². The summed E-state index contributed by atoms with van der Waals surface area (Å²) in [4.78, 5) is 38.2. The smallest absolute Gasteiger partial charge is 0.407 e. The molecule has 1 aliphatic rings. The van der Waals surface area contributed by atoms with Crippen molar-refractivity contribution in [1.82, 2.24) is 10.2 Å². The van der Waals surface area contributed by atoms with Crippen LogP contribution in [0, 0.1) is 0 Å². The molecule has 174 valence electrons. The summed E-state index contributed by atoms with van der Waals surface area (Å²) in [7, 11) is 0. The van der Waals surface area contributed by atoms with Crippen molar-refractivity contribution in [3.8, 4) is 11.1 Å². The highest BCUT2D eigenvalue weighted by atomic mass is 16.5. The highest BCUT2D eigenvalue weighted by Crippen LogP contribution is 2.44. The lowest BCUT2D eigenvalue weighted by molar-refractivity contribution is -0.141. The number of aliphatic carboxylic acids is 1. The van der Waals surface area contributed by atoms with Crippen LogP contribution in [0.4, 0.5) is 4.79 Å². The van der Waals surface area contributed by atoms with Gasteiger partial charge in [0.2, 0.25) is 5.91 Å².